The van der Waals surface area contributed by atoms with Gasteiger partial charge in [0.25, 0.3) is 0 Å². The van der Waals surface area contributed by atoms with Gasteiger partial charge in [0.15, 0.2) is 0 Å². The van der Waals surface area contributed by atoms with Gasteiger partial charge in [0.2, 0.25) is 17.7 Å². The predicted molar refractivity (Wildman–Crippen MR) is 146 cm³/mol. The van der Waals surface area contributed by atoms with Crippen LogP contribution in [0.15, 0.2) is 60.7 Å². The molecule has 1 aliphatic carbocycles. The second kappa shape index (κ2) is 10.3. The molecule has 2 saturated heterocycles. The van der Waals surface area contributed by atoms with Gasteiger partial charge in [0.05, 0.1) is 25.0 Å². The van der Waals surface area contributed by atoms with Crippen molar-refractivity contribution in [2.45, 2.75) is 62.4 Å². The van der Waals surface area contributed by atoms with E-state index in [4.69, 9.17) is 21.1 Å². The number of carbonyl (C=O) groups is 3. The third-order valence-corrected chi connectivity index (χ3v) is 8.88. The Bertz CT molecular complexity index is 1330. The van der Waals surface area contributed by atoms with Crippen molar-refractivity contribution in [2.24, 2.45) is 11.8 Å². The molecule has 2 bridgehead atoms. The molecule has 6 rings (SSSR count). The molecule has 1 saturated carbocycles. The maximum atomic E-state index is 14.2. The standard InChI is InChI=1S/C30H32ClN3O5/c1-38-21-12-7-11-20(16-21)33-27(35)24-23-14-15-30(39-23)25(24)29(37)34(17-18-8-5-6-13-22(18)31)26(30)28(36)32-19-9-3-2-4-10-19/h5-8,11-16,19,23-26H,2-4,9-10,17H2,1H3,(H,32,36)(H,33,35)/t23-,24+,25-,26+,30-/m1/s1. The summed E-state index contributed by atoms with van der Waals surface area (Å²) in [6.07, 6.45) is 8.17. The molecule has 0 unspecified atom stereocenters. The Morgan fingerprint density at radius 3 is 2.67 bits per heavy atom. The van der Waals surface area contributed by atoms with E-state index in [1.165, 1.54) is 0 Å². The molecule has 2 N–H and O–H groups in total. The van der Waals surface area contributed by atoms with Gasteiger partial charge in [-0.3, -0.25) is 14.4 Å². The van der Waals surface area contributed by atoms with Crippen LogP contribution in [0.5, 0.6) is 5.75 Å². The topological polar surface area (TPSA) is 97.0 Å². The van der Waals surface area contributed by atoms with Crippen molar-refractivity contribution < 1.29 is 23.9 Å². The molecule has 3 aliphatic heterocycles. The number of nitrogens with one attached hydrogen (secondary N) is 2. The minimum absolute atomic E-state index is 0.0636. The summed E-state index contributed by atoms with van der Waals surface area (Å²) >= 11 is 6.47. The fraction of sp³-hybridized carbons (Fsp3) is 0.433. The number of amides is 3. The number of hydrogen-bond donors (Lipinski definition) is 2. The summed E-state index contributed by atoms with van der Waals surface area (Å²) in [7, 11) is 1.56. The molecule has 2 aromatic carbocycles. The third-order valence-electron chi connectivity index (χ3n) is 8.51. The van der Waals surface area contributed by atoms with Crippen LogP contribution < -0.4 is 15.4 Å². The first-order valence-electron chi connectivity index (χ1n) is 13.6. The molecule has 3 amide bonds. The van der Waals surface area contributed by atoms with E-state index in [1.807, 2.05) is 30.4 Å². The molecule has 0 aromatic heterocycles. The zero-order chi connectivity index (χ0) is 27.1. The molecule has 1 spiro atoms. The van der Waals surface area contributed by atoms with E-state index < -0.39 is 29.6 Å². The highest BCUT2D eigenvalue weighted by molar-refractivity contribution is 6.31. The van der Waals surface area contributed by atoms with Crippen LogP contribution in [0.4, 0.5) is 5.69 Å². The normalized spacial score (nSPS) is 29.4. The smallest absolute Gasteiger partial charge is 0.246 e. The molecule has 4 aliphatic rings. The summed E-state index contributed by atoms with van der Waals surface area (Å²) in [6, 6.07) is 13.5. The number of nitrogens with zero attached hydrogens (tertiary/aromatic N) is 1. The zero-order valence-electron chi connectivity index (χ0n) is 21.8. The third kappa shape index (κ3) is 4.49. The molecule has 204 valence electrons. The molecule has 9 heteroatoms. The summed E-state index contributed by atoms with van der Waals surface area (Å²) in [5.41, 5.74) is 0.0680. The SMILES string of the molecule is COc1cccc(NC(=O)[C@H]2[C@H]3C=C[C@]4(O3)[C@H](C(=O)NC3CCCCC3)N(Cc3ccccc3Cl)C(=O)[C@@H]24)c1. The maximum absolute atomic E-state index is 14.2. The number of carbonyl (C=O) groups excluding carboxylic acids is 3. The molecule has 3 fully saturated rings. The Hall–Kier alpha value is -3.36. The molecule has 8 nitrogen and oxygen atoms in total. The Morgan fingerprint density at radius 2 is 1.90 bits per heavy atom. The van der Waals surface area contributed by atoms with Gasteiger partial charge in [-0.1, -0.05) is 67.3 Å². The lowest BCUT2D eigenvalue weighted by Crippen LogP contribution is -2.56. The molecule has 0 radical (unpaired) electrons. The van der Waals surface area contributed by atoms with Gasteiger partial charge in [-0.15, -0.1) is 0 Å². The van der Waals surface area contributed by atoms with Crippen molar-refractivity contribution in [3.05, 3.63) is 71.3 Å². The number of hydrogen-bond acceptors (Lipinski definition) is 5. The second-order valence-corrected chi connectivity index (χ2v) is 11.2. The minimum Gasteiger partial charge on any atom is -0.497 e. The number of ether oxygens (including phenoxy) is 2. The maximum Gasteiger partial charge on any atom is 0.246 e. The van der Waals surface area contributed by atoms with E-state index in [9.17, 15) is 14.4 Å². The lowest BCUT2D eigenvalue weighted by Gasteiger charge is -2.34. The van der Waals surface area contributed by atoms with Crippen molar-refractivity contribution in [3.63, 3.8) is 0 Å². The first kappa shape index (κ1) is 25.9. The summed E-state index contributed by atoms with van der Waals surface area (Å²) in [6.45, 7) is 0.144. The fourth-order valence-electron chi connectivity index (χ4n) is 6.70. The Morgan fingerprint density at radius 1 is 1.10 bits per heavy atom. The van der Waals surface area contributed by atoms with Gasteiger partial charge in [-0.2, -0.15) is 0 Å². The predicted octanol–water partition coefficient (Wildman–Crippen LogP) is 4.09. The van der Waals surface area contributed by atoms with Crippen LogP contribution in [-0.2, 0) is 25.7 Å². The van der Waals surface area contributed by atoms with Gasteiger partial charge in [0.1, 0.15) is 17.4 Å². The van der Waals surface area contributed by atoms with Crippen LogP contribution in [0, 0.1) is 11.8 Å². The second-order valence-electron chi connectivity index (χ2n) is 10.8. The Balaban J connectivity index is 1.33. The fourth-order valence-corrected chi connectivity index (χ4v) is 6.90. The summed E-state index contributed by atoms with van der Waals surface area (Å²) in [4.78, 5) is 43.3. The van der Waals surface area contributed by atoms with Crippen LogP contribution in [0.1, 0.15) is 37.7 Å². The number of benzene rings is 2. The van der Waals surface area contributed by atoms with Crippen molar-refractivity contribution in [3.8, 4) is 5.75 Å². The van der Waals surface area contributed by atoms with Crippen LogP contribution >= 0.6 is 11.6 Å². The highest BCUT2D eigenvalue weighted by Crippen LogP contribution is 2.55. The van der Waals surface area contributed by atoms with Crippen LogP contribution in [0.3, 0.4) is 0 Å². The Kier molecular flexibility index (Phi) is 6.85. The molecule has 39 heavy (non-hydrogen) atoms. The number of fused-ring (bicyclic) bond motifs is 1. The quantitative estimate of drug-likeness (QED) is 0.507. The number of rotatable bonds is 7. The van der Waals surface area contributed by atoms with Crippen molar-refractivity contribution in [1.82, 2.24) is 10.2 Å². The first-order chi connectivity index (χ1) is 18.9. The largest absolute Gasteiger partial charge is 0.497 e. The molecule has 3 heterocycles. The number of halogens is 1. The molecular weight excluding hydrogens is 518 g/mol. The molecular formula is C30H32ClN3O5. The monoisotopic (exact) mass is 549 g/mol. The van der Waals surface area contributed by atoms with E-state index >= 15 is 0 Å². The highest BCUT2D eigenvalue weighted by atomic mass is 35.5. The average molecular weight is 550 g/mol. The molecule has 5 atom stereocenters. The average Bonchev–Trinajstić information content (AvgIpc) is 3.58. The summed E-state index contributed by atoms with van der Waals surface area (Å²) in [5, 5.41) is 6.65. The van der Waals surface area contributed by atoms with E-state index in [0.717, 1.165) is 37.7 Å². The van der Waals surface area contributed by atoms with E-state index in [-0.39, 0.29) is 30.3 Å². The zero-order valence-corrected chi connectivity index (χ0v) is 22.5. The highest BCUT2D eigenvalue weighted by Gasteiger charge is 2.72. The van der Waals surface area contributed by atoms with Crippen LogP contribution in [-0.4, -0.2) is 53.5 Å². The van der Waals surface area contributed by atoms with E-state index in [2.05, 4.69) is 10.6 Å². The minimum atomic E-state index is -1.22. The van der Waals surface area contributed by atoms with E-state index in [0.29, 0.717) is 16.5 Å². The van der Waals surface area contributed by atoms with Gasteiger partial charge in [-0.05, 0) is 36.6 Å². The first-order valence-corrected chi connectivity index (χ1v) is 14.0. The van der Waals surface area contributed by atoms with Gasteiger partial charge >= 0.3 is 0 Å². The van der Waals surface area contributed by atoms with Crippen LogP contribution in [0.2, 0.25) is 5.02 Å². The van der Waals surface area contributed by atoms with Gasteiger partial charge in [-0.25, -0.2) is 0 Å². The van der Waals surface area contributed by atoms with Gasteiger partial charge in [0, 0.05) is 29.4 Å². The van der Waals surface area contributed by atoms with Gasteiger partial charge < -0.3 is 25.0 Å². The summed E-state index contributed by atoms with van der Waals surface area (Å²) in [5.74, 6) is -1.86. The lowest BCUT2D eigenvalue weighted by atomic mass is 9.74. The Labute approximate surface area is 232 Å². The number of methoxy groups -OCH3 is 1. The number of likely N-dealkylation sites (tertiary alicyclic amines) is 1. The van der Waals surface area contributed by atoms with Crippen molar-refractivity contribution in [2.75, 3.05) is 12.4 Å². The van der Waals surface area contributed by atoms with E-state index in [1.54, 1.807) is 42.3 Å². The van der Waals surface area contributed by atoms with Crippen LogP contribution in [0.25, 0.3) is 0 Å². The number of anilines is 1. The van der Waals surface area contributed by atoms with Crippen molar-refractivity contribution >= 4 is 35.0 Å². The summed E-state index contributed by atoms with van der Waals surface area (Å²) < 4.78 is 11.7. The lowest BCUT2D eigenvalue weighted by molar-refractivity contribution is -0.142. The van der Waals surface area contributed by atoms with Crippen molar-refractivity contribution in [1.29, 1.82) is 0 Å². The molecule has 2 aromatic rings.